The van der Waals surface area contributed by atoms with E-state index in [1.165, 1.54) is 12.8 Å². The zero-order valence-electron chi connectivity index (χ0n) is 8.98. The van der Waals surface area contributed by atoms with E-state index in [4.69, 9.17) is 11.0 Å². The minimum absolute atomic E-state index is 0.419. The van der Waals surface area contributed by atoms with Crippen LogP contribution in [0.25, 0.3) is 0 Å². The van der Waals surface area contributed by atoms with Crippen molar-refractivity contribution in [2.24, 2.45) is 0 Å². The third-order valence-corrected chi connectivity index (χ3v) is 2.76. The van der Waals surface area contributed by atoms with Crippen LogP contribution in [0.4, 0.5) is 5.69 Å². The Balaban J connectivity index is 2.04. The Morgan fingerprint density at radius 1 is 1.56 bits per heavy atom. The Hall–Kier alpha value is -1.57. The minimum Gasteiger partial charge on any atom is -0.398 e. The smallest absolute Gasteiger partial charge is 0.101 e. The van der Waals surface area contributed by atoms with E-state index in [0.29, 0.717) is 23.8 Å². The molecule has 0 radical (unpaired) electrons. The standard InChI is InChI=1S/C12H15N3O/c13-6-9-5-8(1-4-11(9)14)12(16)7-15-10-2-3-10/h1,4-5,10,12,15-16H,2-3,7,14H2. The third kappa shape index (κ3) is 2.51. The van der Waals surface area contributed by atoms with Crippen LogP contribution in [0, 0.1) is 11.3 Å². The maximum Gasteiger partial charge on any atom is 0.101 e. The molecule has 0 saturated heterocycles. The van der Waals surface area contributed by atoms with Crippen molar-refractivity contribution in [1.82, 2.24) is 5.32 Å². The first-order valence-corrected chi connectivity index (χ1v) is 5.41. The number of nitrogen functional groups attached to an aromatic ring is 1. The van der Waals surface area contributed by atoms with Crippen molar-refractivity contribution in [1.29, 1.82) is 5.26 Å². The van der Waals surface area contributed by atoms with Crippen LogP contribution >= 0.6 is 0 Å². The molecule has 0 aromatic heterocycles. The molecular weight excluding hydrogens is 202 g/mol. The second-order valence-corrected chi connectivity index (χ2v) is 4.16. The topological polar surface area (TPSA) is 82.1 Å². The molecule has 0 bridgehead atoms. The first kappa shape index (κ1) is 10.9. The summed E-state index contributed by atoms with van der Waals surface area (Å²) in [7, 11) is 0. The predicted octanol–water partition coefficient (Wildman–Crippen LogP) is 0.926. The number of nitrogens with one attached hydrogen (secondary N) is 1. The van der Waals surface area contributed by atoms with Gasteiger partial charge in [0.25, 0.3) is 0 Å². The first-order valence-electron chi connectivity index (χ1n) is 5.41. The van der Waals surface area contributed by atoms with Gasteiger partial charge in [-0.25, -0.2) is 0 Å². The van der Waals surface area contributed by atoms with E-state index in [1.807, 2.05) is 6.07 Å². The summed E-state index contributed by atoms with van der Waals surface area (Å²) in [4.78, 5) is 0. The number of nitriles is 1. The number of nitrogens with zero attached hydrogens (tertiary/aromatic N) is 1. The molecule has 4 heteroatoms. The third-order valence-electron chi connectivity index (χ3n) is 2.76. The lowest BCUT2D eigenvalue weighted by Crippen LogP contribution is -2.23. The molecule has 0 aliphatic heterocycles. The molecule has 1 atom stereocenters. The zero-order valence-corrected chi connectivity index (χ0v) is 8.98. The molecule has 1 aliphatic rings. The van der Waals surface area contributed by atoms with Gasteiger partial charge in [-0.3, -0.25) is 0 Å². The highest BCUT2D eigenvalue weighted by Gasteiger charge is 2.21. The van der Waals surface area contributed by atoms with Crippen LogP contribution in [-0.2, 0) is 0 Å². The normalized spacial score (nSPS) is 16.8. The summed E-state index contributed by atoms with van der Waals surface area (Å²) in [6, 6.07) is 7.65. The Morgan fingerprint density at radius 2 is 2.31 bits per heavy atom. The predicted molar refractivity (Wildman–Crippen MR) is 61.6 cm³/mol. The van der Waals surface area contributed by atoms with Gasteiger partial charge in [-0.15, -0.1) is 0 Å². The second kappa shape index (κ2) is 4.52. The van der Waals surface area contributed by atoms with Gasteiger partial charge in [0.2, 0.25) is 0 Å². The van der Waals surface area contributed by atoms with Crippen molar-refractivity contribution in [3.63, 3.8) is 0 Å². The van der Waals surface area contributed by atoms with E-state index >= 15 is 0 Å². The molecule has 1 aromatic carbocycles. The van der Waals surface area contributed by atoms with Gasteiger partial charge in [-0.2, -0.15) is 5.26 Å². The summed E-state index contributed by atoms with van der Waals surface area (Å²) < 4.78 is 0. The zero-order chi connectivity index (χ0) is 11.5. The number of benzene rings is 1. The van der Waals surface area contributed by atoms with Crippen LogP contribution < -0.4 is 11.1 Å². The van der Waals surface area contributed by atoms with E-state index < -0.39 is 6.10 Å². The molecule has 2 rings (SSSR count). The van der Waals surface area contributed by atoms with E-state index in [2.05, 4.69) is 5.32 Å². The van der Waals surface area contributed by atoms with Gasteiger partial charge in [0.05, 0.1) is 11.7 Å². The number of aliphatic hydroxyl groups is 1. The Labute approximate surface area is 94.7 Å². The number of hydrogen-bond acceptors (Lipinski definition) is 4. The maximum absolute atomic E-state index is 9.90. The summed E-state index contributed by atoms with van der Waals surface area (Å²) in [5.74, 6) is 0. The Morgan fingerprint density at radius 3 is 2.94 bits per heavy atom. The Bertz CT molecular complexity index is 421. The molecule has 4 N–H and O–H groups in total. The quantitative estimate of drug-likeness (QED) is 0.655. The van der Waals surface area contributed by atoms with Crippen LogP contribution in [0.1, 0.15) is 30.1 Å². The number of anilines is 1. The monoisotopic (exact) mass is 217 g/mol. The summed E-state index contributed by atoms with van der Waals surface area (Å²) in [5, 5.41) is 22.0. The fourth-order valence-electron chi connectivity index (χ4n) is 1.56. The molecule has 0 amide bonds. The SMILES string of the molecule is N#Cc1cc(C(O)CNC2CC2)ccc1N. The molecule has 1 aromatic rings. The molecule has 4 nitrogen and oxygen atoms in total. The van der Waals surface area contributed by atoms with E-state index in [-0.39, 0.29) is 0 Å². The van der Waals surface area contributed by atoms with Gasteiger partial charge in [-0.1, -0.05) is 6.07 Å². The number of nitrogens with two attached hydrogens (primary N) is 1. The molecule has 1 unspecified atom stereocenters. The summed E-state index contributed by atoms with van der Waals surface area (Å²) in [6.45, 7) is 0.527. The average Bonchev–Trinajstić information content (AvgIpc) is 3.10. The van der Waals surface area contributed by atoms with E-state index in [1.54, 1.807) is 18.2 Å². The van der Waals surface area contributed by atoms with Crippen LogP contribution in [0.15, 0.2) is 18.2 Å². The summed E-state index contributed by atoms with van der Waals surface area (Å²) in [6.07, 6.45) is 1.81. The van der Waals surface area contributed by atoms with E-state index in [0.717, 1.165) is 5.56 Å². The molecule has 1 saturated carbocycles. The lowest BCUT2D eigenvalue weighted by molar-refractivity contribution is 0.174. The molecule has 0 spiro atoms. The summed E-state index contributed by atoms with van der Waals surface area (Å²) >= 11 is 0. The second-order valence-electron chi connectivity index (χ2n) is 4.16. The van der Waals surface area contributed by atoms with Crippen molar-refractivity contribution >= 4 is 5.69 Å². The van der Waals surface area contributed by atoms with Crippen LogP contribution in [0.5, 0.6) is 0 Å². The Kier molecular flexibility index (Phi) is 3.09. The number of rotatable bonds is 4. The van der Waals surface area contributed by atoms with Crippen molar-refractivity contribution in [3.8, 4) is 6.07 Å². The number of hydrogen-bond donors (Lipinski definition) is 3. The fourth-order valence-corrected chi connectivity index (χ4v) is 1.56. The summed E-state index contributed by atoms with van der Waals surface area (Å²) in [5.41, 5.74) is 7.22. The van der Waals surface area contributed by atoms with Crippen LogP contribution in [0.3, 0.4) is 0 Å². The van der Waals surface area contributed by atoms with Gasteiger partial charge >= 0.3 is 0 Å². The molecule has 0 heterocycles. The van der Waals surface area contributed by atoms with Crippen molar-refractivity contribution in [2.75, 3.05) is 12.3 Å². The lowest BCUT2D eigenvalue weighted by atomic mass is 10.1. The van der Waals surface area contributed by atoms with Crippen LogP contribution in [0.2, 0.25) is 0 Å². The molecule has 1 aliphatic carbocycles. The molecule has 84 valence electrons. The van der Waals surface area contributed by atoms with Gasteiger partial charge in [-0.05, 0) is 30.5 Å². The highest BCUT2D eigenvalue weighted by atomic mass is 16.3. The maximum atomic E-state index is 9.90. The van der Waals surface area contributed by atoms with Gasteiger partial charge in [0.15, 0.2) is 0 Å². The van der Waals surface area contributed by atoms with Crippen molar-refractivity contribution in [2.45, 2.75) is 25.0 Å². The largest absolute Gasteiger partial charge is 0.398 e. The highest BCUT2D eigenvalue weighted by molar-refractivity contribution is 5.55. The molecule has 1 fully saturated rings. The van der Waals surface area contributed by atoms with Crippen molar-refractivity contribution in [3.05, 3.63) is 29.3 Å². The molecule has 16 heavy (non-hydrogen) atoms. The van der Waals surface area contributed by atoms with Gasteiger partial charge < -0.3 is 16.2 Å². The lowest BCUT2D eigenvalue weighted by Gasteiger charge is -2.12. The van der Waals surface area contributed by atoms with Crippen LogP contribution in [-0.4, -0.2) is 17.7 Å². The van der Waals surface area contributed by atoms with Gasteiger partial charge in [0.1, 0.15) is 6.07 Å². The number of aliphatic hydroxyl groups excluding tert-OH is 1. The first-order chi connectivity index (χ1) is 7.70. The highest BCUT2D eigenvalue weighted by Crippen LogP contribution is 2.22. The van der Waals surface area contributed by atoms with Gasteiger partial charge in [0, 0.05) is 18.3 Å². The van der Waals surface area contributed by atoms with Crippen molar-refractivity contribution < 1.29 is 5.11 Å². The fraction of sp³-hybridized carbons (Fsp3) is 0.417. The average molecular weight is 217 g/mol. The van der Waals surface area contributed by atoms with E-state index in [9.17, 15) is 5.11 Å². The minimum atomic E-state index is -0.576. The molecular formula is C12H15N3O.